The van der Waals surface area contributed by atoms with E-state index in [1.54, 1.807) is 0 Å². The first kappa shape index (κ1) is 14.6. The van der Waals surface area contributed by atoms with E-state index in [0.29, 0.717) is 9.92 Å². The molecule has 0 aliphatic carbocycles. The summed E-state index contributed by atoms with van der Waals surface area (Å²) >= 11 is 8.43. The fourth-order valence-corrected chi connectivity index (χ4v) is 3.45. The van der Waals surface area contributed by atoms with Crippen LogP contribution in [0.3, 0.4) is 0 Å². The van der Waals surface area contributed by atoms with E-state index in [-0.39, 0.29) is 11.5 Å². The Kier molecular flexibility index (Phi) is 5.58. The zero-order valence-electron chi connectivity index (χ0n) is 9.56. The Morgan fingerprint density at radius 1 is 1.59 bits per heavy atom. The van der Waals surface area contributed by atoms with Crippen molar-refractivity contribution in [3.63, 3.8) is 0 Å². The molecule has 1 aromatic rings. The van der Waals surface area contributed by atoms with Gasteiger partial charge in [-0.15, -0.1) is 0 Å². The van der Waals surface area contributed by atoms with E-state index in [1.165, 1.54) is 11.8 Å². The van der Waals surface area contributed by atoms with Gasteiger partial charge in [-0.3, -0.25) is 0 Å². The Morgan fingerprint density at radius 3 is 2.65 bits per heavy atom. The van der Waals surface area contributed by atoms with Crippen LogP contribution in [0.2, 0.25) is 0 Å². The molecule has 1 heterocycles. The minimum absolute atomic E-state index is 0.0776. The first-order valence-corrected chi connectivity index (χ1v) is 7.17. The maximum atomic E-state index is 11.7. The van der Waals surface area contributed by atoms with Crippen molar-refractivity contribution in [2.75, 3.05) is 18.8 Å². The molecule has 17 heavy (non-hydrogen) atoms. The molecule has 0 aliphatic heterocycles. The zero-order valence-corrected chi connectivity index (χ0v) is 13.0. The summed E-state index contributed by atoms with van der Waals surface area (Å²) in [6.07, 6.45) is 0. The molecule has 0 amide bonds. The molecule has 0 unspecified atom stereocenters. The molecule has 0 spiro atoms. The number of nitrogens with two attached hydrogens (primary N) is 1. The standard InChI is InChI=1S/C9H14N4OS2Se/c1-3-13(4-2)9(17)16-5-6(14)11-8(10)12-7(5)15/h3-4H2,1-2H3,(H4,10,11,12,14,15). The first-order valence-electron chi connectivity index (χ1n) is 5.05. The second-order valence-corrected chi connectivity index (χ2v) is 5.96. The Balaban J connectivity index is 2.96. The summed E-state index contributed by atoms with van der Waals surface area (Å²) in [6, 6.07) is 0. The molecule has 0 aliphatic rings. The van der Waals surface area contributed by atoms with E-state index in [0.717, 1.165) is 17.0 Å². The molecule has 3 N–H and O–H groups in total. The van der Waals surface area contributed by atoms with Crippen LogP contribution >= 0.6 is 24.4 Å². The van der Waals surface area contributed by atoms with E-state index in [9.17, 15) is 4.79 Å². The molecule has 0 fully saturated rings. The molecule has 0 atom stereocenters. The number of hydrogen-bond donors (Lipinski definition) is 3. The van der Waals surface area contributed by atoms with Gasteiger partial charge in [0.05, 0.1) is 0 Å². The molecule has 1 rings (SSSR count). The third-order valence-electron chi connectivity index (χ3n) is 2.09. The SMILES string of the molecule is CCN(CC)C(=[Se])Sc1c(S)nc(N)[nH]c1=O. The summed E-state index contributed by atoms with van der Waals surface area (Å²) in [6.45, 7) is 5.84. The number of rotatable bonds is 5. The molecule has 0 aromatic carbocycles. The van der Waals surface area contributed by atoms with Crippen molar-refractivity contribution < 1.29 is 0 Å². The minimum atomic E-state index is -0.271. The number of aromatic amines is 1. The second-order valence-electron chi connectivity index (χ2n) is 3.14. The number of nitrogens with zero attached hydrogens (tertiary/aromatic N) is 2. The molecular weight excluding hydrogens is 323 g/mol. The zero-order chi connectivity index (χ0) is 13.0. The van der Waals surface area contributed by atoms with Crippen molar-refractivity contribution >= 4 is 49.8 Å². The number of nitrogens with one attached hydrogen (secondary N) is 1. The number of anilines is 1. The Bertz CT molecular complexity index is 473. The van der Waals surface area contributed by atoms with E-state index in [1.807, 2.05) is 0 Å². The first-order chi connectivity index (χ1) is 7.99. The predicted octanol–water partition coefficient (Wildman–Crippen LogP) is 0.331. The topological polar surface area (TPSA) is 75.0 Å². The van der Waals surface area contributed by atoms with Crippen molar-refractivity contribution in [3.05, 3.63) is 10.4 Å². The van der Waals surface area contributed by atoms with Crippen molar-refractivity contribution in [3.8, 4) is 0 Å². The Morgan fingerprint density at radius 2 is 2.18 bits per heavy atom. The van der Waals surface area contributed by atoms with Gasteiger partial charge in [0, 0.05) is 0 Å². The number of aromatic nitrogens is 2. The molecular formula is C9H14N4OS2Se. The van der Waals surface area contributed by atoms with Gasteiger partial charge in [0.1, 0.15) is 0 Å². The van der Waals surface area contributed by atoms with Gasteiger partial charge in [0.15, 0.2) is 0 Å². The predicted molar refractivity (Wildman–Crippen MR) is 76.1 cm³/mol. The van der Waals surface area contributed by atoms with Gasteiger partial charge in [-0.2, -0.15) is 0 Å². The van der Waals surface area contributed by atoms with E-state index in [4.69, 9.17) is 5.73 Å². The number of nitrogen functional groups attached to an aromatic ring is 1. The van der Waals surface area contributed by atoms with Crippen LogP contribution in [0.15, 0.2) is 14.7 Å². The van der Waals surface area contributed by atoms with Crippen LogP contribution in [0.1, 0.15) is 13.8 Å². The van der Waals surface area contributed by atoms with E-state index < -0.39 is 0 Å². The van der Waals surface area contributed by atoms with Crippen molar-refractivity contribution in [1.82, 2.24) is 14.9 Å². The molecule has 94 valence electrons. The average molecular weight is 337 g/mol. The van der Waals surface area contributed by atoms with Crippen LogP contribution in [0.5, 0.6) is 0 Å². The molecule has 5 nitrogen and oxygen atoms in total. The quantitative estimate of drug-likeness (QED) is 0.313. The van der Waals surface area contributed by atoms with Gasteiger partial charge >= 0.3 is 118 Å². The van der Waals surface area contributed by atoms with Crippen molar-refractivity contribution in [2.45, 2.75) is 23.8 Å². The Hall–Kier alpha value is -0.431. The molecule has 0 saturated heterocycles. The maximum absolute atomic E-state index is 11.7. The molecule has 1 aromatic heterocycles. The van der Waals surface area contributed by atoms with Crippen LogP contribution < -0.4 is 11.3 Å². The third-order valence-corrected chi connectivity index (χ3v) is 4.65. The number of thiol groups is 1. The van der Waals surface area contributed by atoms with Gasteiger partial charge in [0.25, 0.3) is 0 Å². The summed E-state index contributed by atoms with van der Waals surface area (Å²) in [5.74, 6) is 0.0776. The van der Waals surface area contributed by atoms with Crippen LogP contribution in [0, 0.1) is 0 Å². The van der Waals surface area contributed by atoms with Gasteiger partial charge in [-0.05, 0) is 0 Å². The van der Waals surface area contributed by atoms with Crippen LogP contribution in [-0.4, -0.2) is 47.4 Å². The van der Waals surface area contributed by atoms with E-state index >= 15 is 0 Å². The second kappa shape index (κ2) is 6.49. The van der Waals surface area contributed by atoms with Crippen LogP contribution in [-0.2, 0) is 0 Å². The molecule has 0 saturated carbocycles. The normalized spacial score (nSPS) is 10.3. The Labute approximate surface area is 117 Å². The van der Waals surface area contributed by atoms with E-state index in [2.05, 4.69) is 56.9 Å². The summed E-state index contributed by atoms with van der Waals surface area (Å²) < 4.78 is 0.919. The van der Waals surface area contributed by atoms with Gasteiger partial charge in [-0.1, -0.05) is 0 Å². The molecule has 0 bridgehead atoms. The van der Waals surface area contributed by atoms with Gasteiger partial charge in [0.2, 0.25) is 0 Å². The fraction of sp³-hybridized carbons (Fsp3) is 0.444. The number of hydrogen-bond acceptors (Lipinski definition) is 6. The van der Waals surface area contributed by atoms with Gasteiger partial charge in [-0.25, -0.2) is 0 Å². The molecule has 0 radical (unpaired) electrons. The summed E-state index contributed by atoms with van der Waals surface area (Å²) in [4.78, 5) is 20.6. The number of H-pyrrole nitrogens is 1. The van der Waals surface area contributed by atoms with Crippen molar-refractivity contribution in [2.24, 2.45) is 0 Å². The number of thioether (sulfide) groups is 1. The van der Waals surface area contributed by atoms with Crippen LogP contribution in [0.25, 0.3) is 0 Å². The summed E-state index contributed by atoms with van der Waals surface area (Å²) in [7, 11) is 0. The van der Waals surface area contributed by atoms with Gasteiger partial charge < -0.3 is 0 Å². The van der Waals surface area contributed by atoms with Crippen LogP contribution in [0.4, 0.5) is 5.95 Å². The van der Waals surface area contributed by atoms with Crippen molar-refractivity contribution in [1.29, 1.82) is 0 Å². The molecule has 8 heteroatoms. The monoisotopic (exact) mass is 338 g/mol. The third kappa shape index (κ3) is 3.77. The average Bonchev–Trinajstić information content (AvgIpc) is 2.25. The summed E-state index contributed by atoms with van der Waals surface area (Å²) in [5.41, 5.74) is 5.15. The summed E-state index contributed by atoms with van der Waals surface area (Å²) in [5, 5.41) is 0.344. The fourth-order valence-electron chi connectivity index (χ4n) is 1.19.